The van der Waals surface area contributed by atoms with E-state index in [1.807, 2.05) is 0 Å². The van der Waals surface area contributed by atoms with Gasteiger partial charge in [0, 0.05) is 56.8 Å². The number of hydrogen-bond acceptors (Lipinski definition) is 3. The molecule has 3 heteroatoms. The van der Waals surface area contributed by atoms with Crippen LogP contribution < -0.4 is 0 Å². The van der Waals surface area contributed by atoms with E-state index in [1.165, 1.54) is 58.4 Å². The first kappa shape index (κ1) is 23.0. The van der Waals surface area contributed by atoms with Gasteiger partial charge in [-0.3, -0.25) is 9.80 Å². The minimum absolute atomic E-state index is 0.593. The van der Waals surface area contributed by atoms with E-state index in [9.17, 15) is 0 Å². The molecule has 3 unspecified atom stereocenters. The van der Waals surface area contributed by atoms with E-state index in [0.29, 0.717) is 30.0 Å². The summed E-state index contributed by atoms with van der Waals surface area (Å²) in [4.78, 5) is 8.16. The lowest BCUT2D eigenvalue weighted by Crippen LogP contribution is -2.42. The van der Waals surface area contributed by atoms with Gasteiger partial charge in [-0.05, 0) is 79.2 Å². The second-order valence-electron chi connectivity index (χ2n) is 10.7. The monoisotopic (exact) mass is 401 g/mol. The molecule has 3 aliphatic rings. The third-order valence-electron chi connectivity index (χ3n) is 7.69. The van der Waals surface area contributed by atoms with Crippen LogP contribution in [0.2, 0.25) is 0 Å². The Morgan fingerprint density at radius 1 is 0.759 bits per heavy atom. The Bertz CT molecular complexity index is 562. The highest BCUT2D eigenvalue weighted by atomic mass is 15.2. The maximum absolute atomic E-state index is 2.77. The average Bonchev–Trinajstić information content (AvgIpc) is 3.07. The molecule has 0 aromatic heterocycles. The fourth-order valence-electron chi connectivity index (χ4n) is 5.49. The van der Waals surface area contributed by atoms with Gasteiger partial charge >= 0.3 is 0 Å². The molecule has 0 aromatic carbocycles. The van der Waals surface area contributed by atoms with Crippen molar-refractivity contribution in [2.24, 2.45) is 17.8 Å². The number of likely N-dealkylation sites (tertiary alicyclic amines) is 1. The Morgan fingerprint density at radius 3 is 2.17 bits per heavy atom. The molecular formula is C26H47N3. The average molecular weight is 402 g/mol. The summed E-state index contributed by atoms with van der Waals surface area (Å²) in [5.41, 5.74) is 1.66. The summed E-state index contributed by atoms with van der Waals surface area (Å²) < 4.78 is 0. The van der Waals surface area contributed by atoms with Crippen LogP contribution in [0.15, 0.2) is 23.8 Å². The molecular weight excluding hydrogens is 354 g/mol. The fraction of sp³-hybridized carbons (Fsp3) is 0.846. The van der Waals surface area contributed by atoms with Crippen LogP contribution in [-0.4, -0.2) is 72.1 Å². The van der Waals surface area contributed by atoms with Gasteiger partial charge in [-0.2, -0.15) is 0 Å². The third kappa shape index (κ3) is 6.18. The minimum Gasteiger partial charge on any atom is -0.301 e. The van der Waals surface area contributed by atoms with E-state index in [4.69, 9.17) is 0 Å². The van der Waals surface area contributed by atoms with E-state index in [0.717, 1.165) is 12.5 Å². The van der Waals surface area contributed by atoms with Crippen LogP contribution in [0.25, 0.3) is 0 Å². The Labute approximate surface area is 181 Å². The van der Waals surface area contributed by atoms with E-state index >= 15 is 0 Å². The molecule has 0 aliphatic carbocycles. The molecule has 0 N–H and O–H groups in total. The topological polar surface area (TPSA) is 9.72 Å². The molecule has 3 aliphatic heterocycles. The Kier molecular flexibility index (Phi) is 8.41. The lowest BCUT2D eigenvalue weighted by Gasteiger charge is -2.36. The summed E-state index contributed by atoms with van der Waals surface area (Å²) in [6.07, 6.45) is 13.2. The maximum atomic E-state index is 2.77. The first-order chi connectivity index (χ1) is 13.8. The molecule has 3 heterocycles. The molecule has 0 amide bonds. The number of nitrogens with zero attached hydrogens (tertiary/aromatic N) is 3. The molecule has 1 saturated heterocycles. The smallest absolute Gasteiger partial charge is 0.0202 e. The van der Waals surface area contributed by atoms with Crippen LogP contribution >= 0.6 is 0 Å². The minimum atomic E-state index is 0.593. The SMILES string of the molecule is CC(C)N1CCC=C(C2C=CC(C3CCCCN(C(C)C)C3)CN(C(C)C)C2)C1. The van der Waals surface area contributed by atoms with Gasteiger partial charge in [0.15, 0.2) is 0 Å². The normalized spacial score (nSPS) is 31.3. The van der Waals surface area contributed by atoms with Crippen molar-refractivity contribution >= 4 is 0 Å². The van der Waals surface area contributed by atoms with Gasteiger partial charge in [0.1, 0.15) is 0 Å². The highest BCUT2D eigenvalue weighted by Crippen LogP contribution is 2.32. The van der Waals surface area contributed by atoms with E-state index < -0.39 is 0 Å². The lowest BCUT2D eigenvalue weighted by molar-refractivity contribution is 0.140. The maximum Gasteiger partial charge on any atom is 0.0202 e. The molecule has 3 nitrogen and oxygen atoms in total. The zero-order valence-electron chi connectivity index (χ0n) is 20.1. The van der Waals surface area contributed by atoms with Crippen molar-refractivity contribution in [3.63, 3.8) is 0 Å². The summed E-state index contributed by atoms with van der Waals surface area (Å²) >= 11 is 0. The van der Waals surface area contributed by atoms with Gasteiger partial charge in [-0.1, -0.05) is 30.2 Å². The molecule has 0 saturated carbocycles. The summed E-state index contributed by atoms with van der Waals surface area (Å²) in [6, 6.07) is 1.95. The van der Waals surface area contributed by atoms with Crippen molar-refractivity contribution in [2.75, 3.05) is 39.3 Å². The van der Waals surface area contributed by atoms with Crippen molar-refractivity contribution in [3.8, 4) is 0 Å². The van der Waals surface area contributed by atoms with Crippen LogP contribution in [-0.2, 0) is 0 Å². The van der Waals surface area contributed by atoms with Crippen molar-refractivity contribution < 1.29 is 0 Å². The van der Waals surface area contributed by atoms with Gasteiger partial charge < -0.3 is 4.90 Å². The highest BCUT2D eigenvalue weighted by molar-refractivity contribution is 5.20. The van der Waals surface area contributed by atoms with Crippen molar-refractivity contribution in [3.05, 3.63) is 23.8 Å². The number of hydrogen-bond donors (Lipinski definition) is 0. The van der Waals surface area contributed by atoms with Gasteiger partial charge in [-0.15, -0.1) is 0 Å². The molecule has 0 radical (unpaired) electrons. The van der Waals surface area contributed by atoms with Crippen molar-refractivity contribution in [1.29, 1.82) is 0 Å². The van der Waals surface area contributed by atoms with Crippen LogP contribution in [0, 0.1) is 17.8 Å². The second kappa shape index (κ2) is 10.6. The third-order valence-corrected chi connectivity index (χ3v) is 7.69. The summed E-state index contributed by atoms with van der Waals surface area (Å²) in [7, 11) is 0. The zero-order valence-corrected chi connectivity index (χ0v) is 20.1. The summed E-state index contributed by atoms with van der Waals surface area (Å²) in [6.45, 7) is 21.6. The Morgan fingerprint density at radius 2 is 1.48 bits per heavy atom. The summed E-state index contributed by atoms with van der Waals surface area (Å²) in [5.74, 6) is 2.10. The van der Waals surface area contributed by atoms with E-state index in [-0.39, 0.29) is 0 Å². The second-order valence-corrected chi connectivity index (χ2v) is 10.7. The standard InChI is InChI=1S/C26H47N3/c1-20(2)27-14-8-7-10-23(16-27)25-12-13-26(19-29(18-25)22(5)6)24-11-9-15-28(17-24)21(3)4/h11-13,20-23,25-26H,7-10,14-19H2,1-6H3. The van der Waals surface area contributed by atoms with Crippen LogP contribution in [0.1, 0.15) is 67.2 Å². The van der Waals surface area contributed by atoms with Gasteiger partial charge in [0.25, 0.3) is 0 Å². The molecule has 3 atom stereocenters. The highest BCUT2D eigenvalue weighted by Gasteiger charge is 2.31. The van der Waals surface area contributed by atoms with Gasteiger partial charge in [-0.25, -0.2) is 0 Å². The number of rotatable bonds is 5. The molecule has 0 spiro atoms. The molecule has 3 rings (SSSR count). The fourth-order valence-corrected chi connectivity index (χ4v) is 5.49. The van der Waals surface area contributed by atoms with Crippen molar-refractivity contribution in [1.82, 2.24) is 14.7 Å². The molecule has 29 heavy (non-hydrogen) atoms. The van der Waals surface area contributed by atoms with Crippen LogP contribution in [0.5, 0.6) is 0 Å². The van der Waals surface area contributed by atoms with Gasteiger partial charge in [0.05, 0.1) is 0 Å². The predicted molar refractivity (Wildman–Crippen MR) is 126 cm³/mol. The lowest BCUT2D eigenvalue weighted by atomic mass is 9.86. The van der Waals surface area contributed by atoms with Gasteiger partial charge in [0.2, 0.25) is 0 Å². The molecule has 0 aromatic rings. The van der Waals surface area contributed by atoms with E-state index in [1.54, 1.807) is 5.57 Å². The summed E-state index contributed by atoms with van der Waals surface area (Å²) in [5, 5.41) is 0. The van der Waals surface area contributed by atoms with Crippen LogP contribution in [0.3, 0.4) is 0 Å². The molecule has 1 fully saturated rings. The largest absolute Gasteiger partial charge is 0.301 e. The van der Waals surface area contributed by atoms with Crippen molar-refractivity contribution in [2.45, 2.75) is 85.4 Å². The first-order valence-electron chi connectivity index (χ1n) is 12.4. The van der Waals surface area contributed by atoms with Crippen LogP contribution in [0.4, 0.5) is 0 Å². The molecule has 166 valence electrons. The zero-order chi connectivity index (χ0) is 21.0. The Balaban J connectivity index is 1.76. The quantitative estimate of drug-likeness (QED) is 0.597. The first-order valence-corrected chi connectivity index (χ1v) is 12.4. The Hall–Kier alpha value is -0.640. The predicted octanol–water partition coefficient (Wildman–Crippen LogP) is 5.05. The van der Waals surface area contributed by atoms with E-state index in [2.05, 4.69) is 74.5 Å². The molecule has 0 bridgehead atoms.